The van der Waals surface area contributed by atoms with E-state index in [0.29, 0.717) is 5.75 Å². The van der Waals surface area contributed by atoms with Gasteiger partial charge in [-0.1, -0.05) is 30.3 Å². The van der Waals surface area contributed by atoms with E-state index < -0.39 is 5.82 Å². The normalized spacial score (nSPS) is 10.3. The maximum atomic E-state index is 13.4. The minimum atomic E-state index is -0.627. The molecular weight excluding hydrogens is 267 g/mol. The van der Waals surface area contributed by atoms with Crippen molar-refractivity contribution < 1.29 is 9.13 Å². The van der Waals surface area contributed by atoms with Crippen molar-refractivity contribution in [1.29, 1.82) is 5.26 Å². The molecule has 0 spiro atoms. The zero-order valence-electron chi connectivity index (χ0n) is 11.0. The van der Waals surface area contributed by atoms with E-state index in [1.165, 1.54) is 6.07 Å². The maximum Gasteiger partial charge on any atom is 0.147 e. The topological polar surface area (TPSA) is 59.0 Å². The number of benzene rings is 3. The molecule has 3 rings (SSSR count). The van der Waals surface area contributed by atoms with E-state index in [-0.39, 0.29) is 17.0 Å². The third-order valence-electron chi connectivity index (χ3n) is 3.17. The monoisotopic (exact) mass is 278 g/mol. The quantitative estimate of drug-likeness (QED) is 0.714. The molecule has 0 aromatic heterocycles. The summed E-state index contributed by atoms with van der Waals surface area (Å²) in [4.78, 5) is 0. The molecule has 4 heteroatoms. The Morgan fingerprint density at radius 1 is 1.00 bits per heavy atom. The van der Waals surface area contributed by atoms with Crippen LogP contribution in [-0.2, 0) is 0 Å². The fourth-order valence-electron chi connectivity index (χ4n) is 2.10. The first-order chi connectivity index (χ1) is 10.2. The number of ether oxygens (including phenoxy) is 1. The van der Waals surface area contributed by atoms with Gasteiger partial charge in [0.1, 0.15) is 23.4 Å². The van der Waals surface area contributed by atoms with Gasteiger partial charge < -0.3 is 10.5 Å². The highest BCUT2D eigenvalue weighted by Gasteiger charge is 2.10. The summed E-state index contributed by atoms with van der Waals surface area (Å²) in [6.45, 7) is 0. The first-order valence-electron chi connectivity index (χ1n) is 6.33. The molecule has 0 aliphatic rings. The van der Waals surface area contributed by atoms with Crippen molar-refractivity contribution in [2.75, 3.05) is 5.73 Å². The second-order valence-electron chi connectivity index (χ2n) is 4.59. The van der Waals surface area contributed by atoms with Crippen molar-refractivity contribution in [2.24, 2.45) is 0 Å². The van der Waals surface area contributed by atoms with Crippen LogP contribution in [0.3, 0.4) is 0 Å². The third kappa shape index (κ3) is 2.49. The van der Waals surface area contributed by atoms with E-state index in [2.05, 4.69) is 0 Å². The van der Waals surface area contributed by atoms with Crippen LogP contribution < -0.4 is 10.5 Å². The molecule has 0 aliphatic heterocycles. The molecule has 0 aliphatic carbocycles. The predicted octanol–water partition coefficient (Wildman–Crippen LogP) is 4.23. The molecule has 0 bridgehead atoms. The van der Waals surface area contributed by atoms with Crippen molar-refractivity contribution in [3.8, 4) is 17.6 Å². The second kappa shape index (κ2) is 5.14. The van der Waals surface area contributed by atoms with E-state index in [1.54, 1.807) is 6.07 Å². The van der Waals surface area contributed by atoms with Gasteiger partial charge in [-0.2, -0.15) is 5.26 Å². The van der Waals surface area contributed by atoms with Gasteiger partial charge >= 0.3 is 0 Å². The number of halogens is 1. The first-order valence-corrected chi connectivity index (χ1v) is 6.33. The van der Waals surface area contributed by atoms with Crippen LogP contribution in [0.1, 0.15) is 5.56 Å². The smallest absolute Gasteiger partial charge is 0.147 e. The Hall–Kier alpha value is -3.06. The lowest BCUT2D eigenvalue weighted by Gasteiger charge is -2.09. The number of nitrogens with two attached hydrogens (primary N) is 1. The summed E-state index contributed by atoms with van der Waals surface area (Å²) < 4.78 is 19.0. The molecule has 2 N–H and O–H groups in total. The Balaban J connectivity index is 2.02. The van der Waals surface area contributed by atoms with Crippen molar-refractivity contribution in [1.82, 2.24) is 0 Å². The number of hydrogen-bond acceptors (Lipinski definition) is 3. The largest absolute Gasteiger partial charge is 0.456 e. The Morgan fingerprint density at radius 3 is 2.52 bits per heavy atom. The van der Waals surface area contributed by atoms with Crippen molar-refractivity contribution in [3.63, 3.8) is 0 Å². The van der Waals surface area contributed by atoms with Gasteiger partial charge in [-0.3, -0.25) is 0 Å². The maximum absolute atomic E-state index is 13.4. The molecule has 3 aromatic rings. The summed E-state index contributed by atoms with van der Waals surface area (Å²) in [5.41, 5.74) is 5.58. The molecule has 0 unspecified atom stereocenters. The standard InChI is InChI=1S/C17H11FN2O/c18-15-8-13(10-19)17(9-16(15)20)21-14-6-5-11-3-1-2-4-12(11)7-14/h1-9H,20H2. The van der Waals surface area contributed by atoms with Crippen LogP contribution in [-0.4, -0.2) is 0 Å². The SMILES string of the molecule is N#Cc1cc(F)c(N)cc1Oc1ccc2ccccc2c1. The van der Waals surface area contributed by atoms with Crippen molar-refractivity contribution >= 4 is 16.5 Å². The van der Waals surface area contributed by atoms with E-state index in [9.17, 15) is 4.39 Å². The van der Waals surface area contributed by atoms with Crippen LogP contribution in [0.25, 0.3) is 10.8 Å². The van der Waals surface area contributed by atoms with Crippen molar-refractivity contribution in [2.45, 2.75) is 0 Å². The predicted molar refractivity (Wildman–Crippen MR) is 79.5 cm³/mol. The van der Waals surface area contributed by atoms with Crippen LogP contribution in [0.15, 0.2) is 54.6 Å². The highest BCUT2D eigenvalue weighted by atomic mass is 19.1. The Kier molecular flexibility index (Phi) is 3.17. The van der Waals surface area contributed by atoms with Gasteiger partial charge in [0.25, 0.3) is 0 Å². The summed E-state index contributed by atoms with van der Waals surface area (Å²) in [5.74, 6) is 0.181. The zero-order valence-corrected chi connectivity index (χ0v) is 11.0. The number of anilines is 1. The number of nitrogens with zero attached hydrogens (tertiary/aromatic N) is 1. The summed E-state index contributed by atoms with van der Waals surface area (Å²) >= 11 is 0. The van der Waals surface area contributed by atoms with E-state index >= 15 is 0 Å². The van der Waals surface area contributed by atoms with Crippen LogP contribution in [0, 0.1) is 17.1 Å². The van der Waals surface area contributed by atoms with Gasteiger partial charge in [-0.25, -0.2) is 4.39 Å². The van der Waals surface area contributed by atoms with E-state index in [4.69, 9.17) is 15.7 Å². The fraction of sp³-hybridized carbons (Fsp3) is 0. The number of nitrogen functional groups attached to an aromatic ring is 1. The average Bonchev–Trinajstić information content (AvgIpc) is 2.50. The highest BCUT2D eigenvalue weighted by Crippen LogP contribution is 2.30. The molecule has 3 nitrogen and oxygen atoms in total. The summed E-state index contributed by atoms with van der Waals surface area (Å²) in [7, 11) is 0. The minimum Gasteiger partial charge on any atom is -0.456 e. The number of rotatable bonds is 2. The minimum absolute atomic E-state index is 0.0511. The molecule has 0 heterocycles. The van der Waals surface area contributed by atoms with Crippen LogP contribution >= 0.6 is 0 Å². The van der Waals surface area contributed by atoms with Crippen LogP contribution in [0.4, 0.5) is 10.1 Å². The average molecular weight is 278 g/mol. The van der Waals surface area contributed by atoms with Gasteiger partial charge in [-0.15, -0.1) is 0 Å². The zero-order chi connectivity index (χ0) is 14.8. The number of hydrogen-bond donors (Lipinski definition) is 1. The fourth-order valence-corrected chi connectivity index (χ4v) is 2.10. The number of fused-ring (bicyclic) bond motifs is 1. The van der Waals surface area contributed by atoms with Gasteiger partial charge in [0.05, 0.1) is 11.3 Å². The van der Waals surface area contributed by atoms with E-state index in [0.717, 1.165) is 16.8 Å². The van der Waals surface area contributed by atoms with Crippen molar-refractivity contribution in [3.05, 3.63) is 66.0 Å². The molecule has 0 fully saturated rings. The van der Waals surface area contributed by atoms with Gasteiger partial charge in [-0.05, 0) is 29.0 Å². The molecule has 0 radical (unpaired) electrons. The Morgan fingerprint density at radius 2 is 1.76 bits per heavy atom. The first kappa shape index (κ1) is 12.9. The van der Waals surface area contributed by atoms with Gasteiger partial charge in [0, 0.05) is 6.07 Å². The molecule has 0 atom stereocenters. The highest BCUT2D eigenvalue weighted by molar-refractivity contribution is 5.83. The molecule has 21 heavy (non-hydrogen) atoms. The third-order valence-corrected chi connectivity index (χ3v) is 3.17. The van der Waals surface area contributed by atoms with Gasteiger partial charge in [0.2, 0.25) is 0 Å². The summed E-state index contributed by atoms with van der Waals surface area (Å²) in [5, 5.41) is 11.2. The summed E-state index contributed by atoms with van der Waals surface area (Å²) in [6.07, 6.45) is 0. The molecule has 0 saturated heterocycles. The Labute approximate surface area is 121 Å². The summed E-state index contributed by atoms with van der Waals surface area (Å²) in [6, 6.07) is 17.7. The second-order valence-corrected chi connectivity index (χ2v) is 4.59. The van der Waals surface area contributed by atoms with E-state index in [1.807, 2.05) is 42.5 Å². The lowest BCUT2D eigenvalue weighted by Crippen LogP contribution is -1.95. The van der Waals surface area contributed by atoms with Gasteiger partial charge in [0.15, 0.2) is 0 Å². The lowest BCUT2D eigenvalue weighted by atomic mass is 10.1. The van der Waals surface area contributed by atoms with Crippen LogP contribution in [0.2, 0.25) is 0 Å². The molecular formula is C17H11FN2O. The number of nitriles is 1. The van der Waals surface area contributed by atoms with Crippen LogP contribution in [0.5, 0.6) is 11.5 Å². The lowest BCUT2D eigenvalue weighted by molar-refractivity contribution is 0.480. The molecule has 0 amide bonds. The molecule has 0 saturated carbocycles. The molecule has 3 aromatic carbocycles. The molecule has 102 valence electrons. The Bertz CT molecular complexity index is 868.